The summed E-state index contributed by atoms with van der Waals surface area (Å²) in [6.07, 6.45) is 4.01. The highest BCUT2D eigenvalue weighted by Crippen LogP contribution is 2.37. The van der Waals surface area contributed by atoms with Gasteiger partial charge in [-0.3, -0.25) is 14.7 Å². The van der Waals surface area contributed by atoms with Crippen molar-refractivity contribution in [3.05, 3.63) is 42.2 Å². The van der Waals surface area contributed by atoms with E-state index in [2.05, 4.69) is 4.98 Å². The van der Waals surface area contributed by atoms with Crippen LogP contribution in [0.1, 0.15) is 17.4 Å². The number of rotatable bonds is 2. The molecule has 1 fully saturated rings. The molecule has 1 aliphatic heterocycles. The van der Waals surface area contributed by atoms with Crippen molar-refractivity contribution in [3.8, 4) is 0 Å². The molecule has 5 nitrogen and oxygen atoms in total. The molecule has 0 radical (unpaired) electrons. The zero-order chi connectivity index (χ0) is 15.0. The second-order valence-corrected chi connectivity index (χ2v) is 5.58. The summed E-state index contributed by atoms with van der Waals surface area (Å²) in [5.41, 5.74) is 6.03. The minimum Gasteiger partial charge on any atom is -0.351 e. The molecule has 2 heterocycles. The summed E-state index contributed by atoms with van der Waals surface area (Å²) in [4.78, 5) is 28.5. The van der Waals surface area contributed by atoms with E-state index in [0.717, 1.165) is 21.2 Å². The van der Waals surface area contributed by atoms with E-state index < -0.39 is 17.3 Å². The number of carbonyl (C=O) groups is 2. The van der Waals surface area contributed by atoms with E-state index in [9.17, 15) is 9.59 Å². The number of halogens is 1. The van der Waals surface area contributed by atoms with Crippen LogP contribution in [0.15, 0.2) is 36.7 Å². The number of aromatic nitrogens is 1. The highest BCUT2D eigenvalue weighted by atomic mass is 35.5. The van der Waals surface area contributed by atoms with E-state index in [0.29, 0.717) is 13.0 Å². The van der Waals surface area contributed by atoms with Gasteiger partial charge in [0.1, 0.15) is 0 Å². The number of hydrogen-bond donors (Lipinski definition) is 1. The van der Waals surface area contributed by atoms with Crippen molar-refractivity contribution in [2.24, 2.45) is 11.7 Å². The maximum absolute atomic E-state index is 12.2. The number of nitrogens with two attached hydrogens (primary N) is 1. The molecule has 1 aliphatic rings. The maximum Gasteiger partial charge on any atom is 0.321 e. The Balaban J connectivity index is 1.88. The van der Waals surface area contributed by atoms with Crippen LogP contribution in [0.25, 0.3) is 10.8 Å². The lowest BCUT2D eigenvalue weighted by molar-refractivity contribution is -0.128. The standard InChI is InChI=1S/C15H14ClN3O2/c16-13(12-4-6-19(14(12)20)15(17)21)10-2-1-9-3-5-18-8-11(9)7-10/h1-3,5,7-8,12-13H,4,6H2,(H2,17,21). The van der Waals surface area contributed by atoms with Gasteiger partial charge in [-0.05, 0) is 29.5 Å². The van der Waals surface area contributed by atoms with Crippen molar-refractivity contribution in [1.82, 2.24) is 9.88 Å². The zero-order valence-corrected chi connectivity index (χ0v) is 12.0. The van der Waals surface area contributed by atoms with Gasteiger partial charge < -0.3 is 5.73 Å². The molecule has 2 atom stereocenters. The molecule has 3 rings (SSSR count). The number of nitrogens with zero attached hydrogens (tertiary/aromatic N) is 2. The molecule has 0 spiro atoms. The molecule has 1 aromatic carbocycles. The van der Waals surface area contributed by atoms with Crippen LogP contribution in [-0.4, -0.2) is 28.4 Å². The van der Waals surface area contributed by atoms with Gasteiger partial charge in [-0.25, -0.2) is 4.79 Å². The number of likely N-dealkylation sites (tertiary alicyclic amines) is 1. The average molecular weight is 304 g/mol. The Bertz CT molecular complexity index is 719. The molecule has 0 aliphatic carbocycles. The molecule has 2 unspecified atom stereocenters. The van der Waals surface area contributed by atoms with Crippen LogP contribution in [0.5, 0.6) is 0 Å². The predicted octanol–water partition coefficient (Wildman–Crippen LogP) is 2.44. The maximum atomic E-state index is 12.2. The Kier molecular flexibility index (Phi) is 3.51. The number of imide groups is 1. The fourth-order valence-electron chi connectivity index (χ4n) is 2.70. The summed E-state index contributed by atoms with van der Waals surface area (Å²) in [6, 6.07) is 6.99. The number of primary amides is 1. The Morgan fingerprint density at radius 3 is 2.90 bits per heavy atom. The van der Waals surface area contributed by atoms with Gasteiger partial charge in [0.15, 0.2) is 0 Å². The first-order valence-corrected chi connectivity index (χ1v) is 7.10. The Hall–Kier alpha value is -2.14. The van der Waals surface area contributed by atoms with Gasteiger partial charge in [0.25, 0.3) is 0 Å². The Morgan fingerprint density at radius 1 is 1.38 bits per heavy atom. The van der Waals surface area contributed by atoms with Crippen LogP contribution in [0.3, 0.4) is 0 Å². The number of pyridine rings is 1. The smallest absolute Gasteiger partial charge is 0.321 e. The highest BCUT2D eigenvalue weighted by molar-refractivity contribution is 6.23. The monoisotopic (exact) mass is 303 g/mol. The number of alkyl halides is 1. The summed E-state index contributed by atoms with van der Waals surface area (Å²) in [6.45, 7) is 0.331. The quantitative estimate of drug-likeness (QED) is 0.866. The van der Waals surface area contributed by atoms with Crippen molar-refractivity contribution in [2.45, 2.75) is 11.8 Å². The van der Waals surface area contributed by atoms with E-state index in [-0.39, 0.29) is 5.91 Å². The minimum absolute atomic E-state index is 0.297. The molecule has 1 aromatic heterocycles. The fraction of sp³-hybridized carbons (Fsp3) is 0.267. The fourth-order valence-corrected chi connectivity index (χ4v) is 3.07. The van der Waals surface area contributed by atoms with Crippen molar-refractivity contribution >= 4 is 34.3 Å². The van der Waals surface area contributed by atoms with Gasteiger partial charge in [0.2, 0.25) is 5.91 Å². The summed E-state index contributed by atoms with van der Waals surface area (Å²) in [5.74, 6) is -0.720. The topological polar surface area (TPSA) is 76.3 Å². The molecule has 1 saturated heterocycles. The van der Waals surface area contributed by atoms with Crippen LogP contribution in [0.4, 0.5) is 4.79 Å². The van der Waals surface area contributed by atoms with Gasteiger partial charge in [-0.1, -0.05) is 12.1 Å². The molecule has 0 saturated carbocycles. The van der Waals surface area contributed by atoms with Crippen LogP contribution >= 0.6 is 11.6 Å². The third-order valence-corrected chi connectivity index (χ3v) is 4.41. The largest absolute Gasteiger partial charge is 0.351 e. The van der Waals surface area contributed by atoms with E-state index in [4.69, 9.17) is 17.3 Å². The summed E-state index contributed by atoms with van der Waals surface area (Å²) in [5, 5.41) is 1.55. The van der Waals surface area contributed by atoms with E-state index in [1.807, 2.05) is 24.3 Å². The third kappa shape index (κ3) is 2.45. The third-order valence-electron chi connectivity index (χ3n) is 3.85. The molecule has 2 aromatic rings. The lowest BCUT2D eigenvalue weighted by Gasteiger charge is -2.17. The molecular weight excluding hydrogens is 290 g/mol. The predicted molar refractivity (Wildman–Crippen MR) is 79.7 cm³/mol. The number of hydrogen-bond acceptors (Lipinski definition) is 3. The van der Waals surface area contributed by atoms with E-state index in [1.54, 1.807) is 12.4 Å². The van der Waals surface area contributed by atoms with Gasteiger partial charge in [-0.15, -0.1) is 11.6 Å². The van der Waals surface area contributed by atoms with Gasteiger partial charge in [-0.2, -0.15) is 0 Å². The molecular formula is C15H14ClN3O2. The van der Waals surface area contributed by atoms with Crippen LogP contribution in [0, 0.1) is 5.92 Å². The lowest BCUT2D eigenvalue weighted by atomic mass is 9.96. The highest BCUT2D eigenvalue weighted by Gasteiger charge is 2.39. The molecule has 2 N–H and O–H groups in total. The number of fused-ring (bicyclic) bond motifs is 1. The number of carbonyl (C=O) groups excluding carboxylic acids is 2. The average Bonchev–Trinajstić information content (AvgIpc) is 2.88. The normalized spacial score (nSPS) is 20.0. The minimum atomic E-state index is -0.714. The first kappa shape index (κ1) is 13.8. The summed E-state index contributed by atoms with van der Waals surface area (Å²) in [7, 11) is 0. The molecule has 21 heavy (non-hydrogen) atoms. The second kappa shape index (κ2) is 5.33. The zero-order valence-electron chi connectivity index (χ0n) is 11.2. The summed E-state index contributed by atoms with van der Waals surface area (Å²) < 4.78 is 0. The Labute approximate surface area is 126 Å². The second-order valence-electron chi connectivity index (χ2n) is 5.11. The van der Waals surface area contributed by atoms with E-state index >= 15 is 0 Å². The number of amides is 3. The van der Waals surface area contributed by atoms with Gasteiger partial charge in [0.05, 0.1) is 11.3 Å². The van der Waals surface area contributed by atoms with Crippen molar-refractivity contribution in [1.29, 1.82) is 0 Å². The van der Waals surface area contributed by atoms with Gasteiger partial charge >= 0.3 is 6.03 Å². The molecule has 6 heteroatoms. The van der Waals surface area contributed by atoms with Crippen molar-refractivity contribution < 1.29 is 9.59 Å². The molecule has 108 valence electrons. The lowest BCUT2D eigenvalue weighted by Crippen LogP contribution is -2.38. The first-order valence-electron chi connectivity index (χ1n) is 6.66. The summed E-state index contributed by atoms with van der Waals surface area (Å²) >= 11 is 6.46. The number of benzene rings is 1. The Morgan fingerprint density at radius 2 is 2.19 bits per heavy atom. The first-order chi connectivity index (χ1) is 10.1. The van der Waals surface area contributed by atoms with E-state index in [1.165, 1.54) is 0 Å². The van der Waals surface area contributed by atoms with Crippen molar-refractivity contribution in [2.75, 3.05) is 6.54 Å². The van der Waals surface area contributed by atoms with Gasteiger partial charge in [0, 0.05) is 24.3 Å². The number of urea groups is 1. The molecule has 0 bridgehead atoms. The SMILES string of the molecule is NC(=O)N1CCC(C(Cl)c2ccc3ccncc3c2)C1=O. The van der Waals surface area contributed by atoms with Crippen LogP contribution < -0.4 is 5.73 Å². The molecule has 3 amide bonds. The van der Waals surface area contributed by atoms with Crippen LogP contribution in [0.2, 0.25) is 0 Å². The van der Waals surface area contributed by atoms with Crippen molar-refractivity contribution in [3.63, 3.8) is 0 Å². The van der Waals surface area contributed by atoms with Crippen LogP contribution in [-0.2, 0) is 4.79 Å².